The van der Waals surface area contributed by atoms with Crippen LogP contribution in [0.5, 0.6) is 0 Å². The van der Waals surface area contributed by atoms with Crippen LogP contribution >= 0.6 is 11.8 Å². The first-order valence-electron chi connectivity index (χ1n) is 7.33. The van der Waals surface area contributed by atoms with Crippen LogP contribution in [-0.2, 0) is 0 Å². The van der Waals surface area contributed by atoms with E-state index in [9.17, 15) is 0 Å². The molecule has 4 heteroatoms. The van der Waals surface area contributed by atoms with E-state index in [-0.39, 0.29) is 0 Å². The van der Waals surface area contributed by atoms with Gasteiger partial charge in [0.1, 0.15) is 10.9 Å². The summed E-state index contributed by atoms with van der Waals surface area (Å²) in [6.45, 7) is 4.17. The standard InChI is InChI=1S/C17H19N3S/c1-3-4-10-21-17-16-15(18-12(2)19-17)11-14(20-16)13-8-6-5-7-9-13/h5-9,11,20H,3-4,10H2,1-2H3. The highest BCUT2D eigenvalue weighted by atomic mass is 32.2. The van der Waals surface area contributed by atoms with Crippen LogP contribution in [0, 0.1) is 6.92 Å². The van der Waals surface area contributed by atoms with Crippen molar-refractivity contribution in [1.29, 1.82) is 0 Å². The number of nitrogens with zero attached hydrogens (tertiary/aromatic N) is 2. The van der Waals surface area contributed by atoms with Crippen LogP contribution in [0.3, 0.4) is 0 Å². The third kappa shape index (κ3) is 3.10. The summed E-state index contributed by atoms with van der Waals surface area (Å²) >= 11 is 1.81. The fourth-order valence-electron chi connectivity index (χ4n) is 2.29. The van der Waals surface area contributed by atoms with Gasteiger partial charge in [0.25, 0.3) is 0 Å². The molecule has 0 saturated carbocycles. The van der Waals surface area contributed by atoms with Gasteiger partial charge in [-0.3, -0.25) is 0 Å². The molecule has 108 valence electrons. The van der Waals surface area contributed by atoms with Crippen LogP contribution in [0.15, 0.2) is 41.4 Å². The van der Waals surface area contributed by atoms with Gasteiger partial charge < -0.3 is 4.98 Å². The van der Waals surface area contributed by atoms with E-state index >= 15 is 0 Å². The maximum absolute atomic E-state index is 4.60. The lowest BCUT2D eigenvalue weighted by atomic mass is 10.2. The normalized spacial score (nSPS) is 11.1. The molecule has 2 heterocycles. The van der Waals surface area contributed by atoms with E-state index in [1.54, 1.807) is 0 Å². The molecule has 0 bridgehead atoms. The molecular formula is C17H19N3S. The minimum absolute atomic E-state index is 0.833. The average Bonchev–Trinajstić information content (AvgIpc) is 2.92. The van der Waals surface area contributed by atoms with Crippen molar-refractivity contribution >= 4 is 22.8 Å². The van der Waals surface area contributed by atoms with Crippen LogP contribution in [0.25, 0.3) is 22.3 Å². The number of benzene rings is 1. The lowest BCUT2D eigenvalue weighted by Crippen LogP contribution is -1.92. The highest BCUT2D eigenvalue weighted by Crippen LogP contribution is 2.29. The van der Waals surface area contributed by atoms with E-state index in [1.165, 1.54) is 18.4 Å². The molecule has 0 spiro atoms. The predicted octanol–water partition coefficient (Wildman–Crippen LogP) is 4.83. The van der Waals surface area contributed by atoms with Gasteiger partial charge in [0.15, 0.2) is 0 Å². The first-order chi connectivity index (χ1) is 10.3. The zero-order valence-corrected chi connectivity index (χ0v) is 13.2. The van der Waals surface area contributed by atoms with Crippen LogP contribution in [0.2, 0.25) is 0 Å². The summed E-state index contributed by atoms with van der Waals surface area (Å²) in [4.78, 5) is 12.6. The molecule has 3 nitrogen and oxygen atoms in total. The number of fused-ring (bicyclic) bond motifs is 1. The number of hydrogen-bond donors (Lipinski definition) is 1. The maximum Gasteiger partial charge on any atom is 0.127 e. The molecule has 0 aliphatic carbocycles. The second-order valence-electron chi connectivity index (χ2n) is 5.09. The van der Waals surface area contributed by atoms with Crippen LogP contribution in [-0.4, -0.2) is 20.7 Å². The lowest BCUT2D eigenvalue weighted by molar-refractivity contribution is 0.893. The zero-order chi connectivity index (χ0) is 14.7. The molecule has 0 aliphatic rings. The molecule has 0 atom stereocenters. The third-order valence-electron chi connectivity index (χ3n) is 3.38. The van der Waals surface area contributed by atoms with E-state index < -0.39 is 0 Å². The Morgan fingerprint density at radius 1 is 1.14 bits per heavy atom. The molecule has 1 aromatic carbocycles. The second-order valence-corrected chi connectivity index (χ2v) is 6.17. The van der Waals surface area contributed by atoms with Gasteiger partial charge in [0.2, 0.25) is 0 Å². The highest BCUT2D eigenvalue weighted by Gasteiger charge is 2.11. The van der Waals surface area contributed by atoms with Crippen LogP contribution in [0.4, 0.5) is 0 Å². The van der Waals surface area contributed by atoms with Gasteiger partial charge in [0.05, 0.1) is 11.0 Å². The van der Waals surface area contributed by atoms with Crippen molar-refractivity contribution in [2.24, 2.45) is 0 Å². The number of aromatic nitrogens is 3. The molecule has 0 amide bonds. The van der Waals surface area contributed by atoms with Gasteiger partial charge in [-0.25, -0.2) is 9.97 Å². The number of H-pyrrole nitrogens is 1. The zero-order valence-electron chi connectivity index (χ0n) is 12.4. The molecular weight excluding hydrogens is 278 g/mol. The molecule has 0 saturated heterocycles. The van der Waals surface area contributed by atoms with Crippen molar-refractivity contribution in [1.82, 2.24) is 15.0 Å². The lowest BCUT2D eigenvalue weighted by Gasteiger charge is -2.03. The number of thioether (sulfide) groups is 1. The van der Waals surface area contributed by atoms with Crippen LogP contribution in [0.1, 0.15) is 25.6 Å². The summed E-state index contributed by atoms with van der Waals surface area (Å²) in [6, 6.07) is 12.5. The average molecular weight is 297 g/mol. The fraction of sp³-hybridized carbons (Fsp3) is 0.294. The van der Waals surface area contributed by atoms with Crippen molar-refractivity contribution in [2.45, 2.75) is 31.7 Å². The first-order valence-corrected chi connectivity index (χ1v) is 8.32. The van der Waals surface area contributed by atoms with E-state index in [4.69, 9.17) is 0 Å². The van der Waals surface area contributed by atoms with Gasteiger partial charge in [-0.15, -0.1) is 11.8 Å². The fourth-order valence-corrected chi connectivity index (χ4v) is 3.41. The minimum Gasteiger partial charge on any atom is -0.351 e. The molecule has 0 aliphatic heterocycles. The molecule has 0 unspecified atom stereocenters. The Labute approximate surface area is 129 Å². The number of unbranched alkanes of at least 4 members (excludes halogenated alkanes) is 1. The van der Waals surface area contributed by atoms with Crippen LogP contribution < -0.4 is 0 Å². The second kappa shape index (κ2) is 6.31. The third-order valence-corrected chi connectivity index (χ3v) is 4.44. The van der Waals surface area contributed by atoms with E-state index in [0.29, 0.717) is 0 Å². The Morgan fingerprint density at radius 3 is 2.71 bits per heavy atom. The topological polar surface area (TPSA) is 41.6 Å². The monoisotopic (exact) mass is 297 g/mol. The largest absolute Gasteiger partial charge is 0.351 e. The maximum atomic E-state index is 4.60. The molecule has 0 radical (unpaired) electrons. The summed E-state index contributed by atoms with van der Waals surface area (Å²) in [6.07, 6.45) is 2.42. The van der Waals surface area contributed by atoms with E-state index in [0.717, 1.165) is 33.3 Å². The molecule has 0 fully saturated rings. The first kappa shape index (κ1) is 14.1. The molecule has 1 N–H and O–H groups in total. The van der Waals surface area contributed by atoms with Crippen molar-refractivity contribution in [2.75, 3.05) is 5.75 Å². The Hall–Kier alpha value is -1.81. The van der Waals surface area contributed by atoms with Gasteiger partial charge in [0, 0.05) is 5.69 Å². The smallest absolute Gasteiger partial charge is 0.127 e. The number of rotatable bonds is 5. The number of aryl methyl sites for hydroxylation is 1. The summed E-state index contributed by atoms with van der Waals surface area (Å²) in [5.74, 6) is 1.93. The van der Waals surface area contributed by atoms with Gasteiger partial charge in [-0.2, -0.15) is 0 Å². The summed E-state index contributed by atoms with van der Waals surface area (Å²) < 4.78 is 0. The van der Waals surface area contributed by atoms with E-state index in [1.807, 2.05) is 24.8 Å². The Kier molecular flexibility index (Phi) is 4.25. The molecule has 21 heavy (non-hydrogen) atoms. The minimum atomic E-state index is 0.833. The van der Waals surface area contributed by atoms with Gasteiger partial charge >= 0.3 is 0 Å². The van der Waals surface area contributed by atoms with E-state index in [2.05, 4.69) is 52.2 Å². The Morgan fingerprint density at radius 2 is 1.95 bits per heavy atom. The molecule has 3 rings (SSSR count). The van der Waals surface area contributed by atoms with Crippen molar-refractivity contribution in [3.8, 4) is 11.3 Å². The van der Waals surface area contributed by atoms with Gasteiger partial charge in [-0.05, 0) is 30.7 Å². The summed E-state index contributed by atoms with van der Waals surface area (Å²) in [7, 11) is 0. The van der Waals surface area contributed by atoms with Gasteiger partial charge in [-0.1, -0.05) is 43.7 Å². The Bertz CT molecular complexity index is 734. The SMILES string of the molecule is CCCCSc1nc(C)nc2cc(-c3ccccc3)[nH]c12. The van der Waals surface area contributed by atoms with Crippen molar-refractivity contribution in [3.05, 3.63) is 42.2 Å². The number of aromatic amines is 1. The molecule has 2 aromatic heterocycles. The Balaban J connectivity index is 2.02. The quantitative estimate of drug-likeness (QED) is 0.417. The highest BCUT2D eigenvalue weighted by molar-refractivity contribution is 7.99. The number of hydrogen-bond acceptors (Lipinski definition) is 3. The number of nitrogens with one attached hydrogen (secondary N) is 1. The van der Waals surface area contributed by atoms with Crippen molar-refractivity contribution < 1.29 is 0 Å². The van der Waals surface area contributed by atoms with Crippen molar-refractivity contribution in [3.63, 3.8) is 0 Å². The summed E-state index contributed by atoms with van der Waals surface area (Å²) in [5, 5.41) is 1.06. The summed E-state index contributed by atoms with van der Waals surface area (Å²) in [5.41, 5.74) is 4.33. The molecule has 3 aromatic rings. The predicted molar refractivity (Wildman–Crippen MR) is 89.7 cm³/mol.